The van der Waals surface area contributed by atoms with Gasteiger partial charge in [-0.1, -0.05) is 23.8 Å². The maximum Gasteiger partial charge on any atom is 0.339 e. The van der Waals surface area contributed by atoms with Crippen LogP contribution in [0, 0.1) is 6.92 Å². The lowest BCUT2D eigenvalue weighted by Crippen LogP contribution is -2.01. The predicted octanol–water partition coefficient (Wildman–Crippen LogP) is 3.43. The molecule has 1 N–H and O–H groups in total. The van der Waals surface area contributed by atoms with Crippen molar-refractivity contribution in [3.8, 4) is 11.6 Å². The summed E-state index contributed by atoms with van der Waals surface area (Å²) in [5, 5.41) is 9.22. The molecule has 1 aromatic heterocycles. The smallest absolute Gasteiger partial charge is 0.339 e. The number of fused-ring (bicyclic) bond motifs is 1. The van der Waals surface area contributed by atoms with Crippen molar-refractivity contribution in [2.45, 2.75) is 6.92 Å². The minimum atomic E-state index is -1.04. The molecule has 0 aliphatic carbocycles. The summed E-state index contributed by atoms with van der Waals surface area (Å²) in [5.74, 6) is -0.528. The van der Waals surface area contributed by atoms with E-state index >= 15 is 0 Å². The molecule has 0 amide bonds. The van der Waals surface area contributed by atoms with Gasteiger partial charge in [0.25, 0.3) is 0 Å². The summed E-state index contributed by atoms with van der Waals surface area (Å²) in [4.78, 5) is 19.8. The van der Waals surface area contributed by atoms with E-state index in [4.69, 9.17) is 4.74 Å². The Kier molecular flexibility index (Phi) is 3.23. The Morgan fingerprint density at radius 2 is 1.90 bits per heavy atom. The van der Waals surface area contributed by atoms with Gasteiger partial charge in [0.05, 0.1) is 17.2 Å². The maximum atomic E-state index is 11.3. The van der Waals surface area contributed by atoms with Crippen molar-refractivity contribution in [2.24, 2.45) is 0 Å². The lowest BCUT2D eigenvalue weighted by atomic mass is 10.1. The Labute approximate surface area is 120 Å². The Bertz CT molecular complexity index is 831. The zero-order chi connectivity index (χ0) is 14.8. The summed E-state index contributed by atoms with van der Waals surface area (Å²) >= 11 is 0. The standard InChI is InChI=1S/C16H12N2O3/c1-10-6-7-14(11(8-10)16(19)20)21-15-9-17-12-4-2-3-5-13(12)18-15/h2-9H,1H3,(H,19,20). The summed E-state index contributed by atoms with van der Waals surface area (Å²) < 4.78 is 5.58. The van der Waals surface area contributed by atoms with Gasteiger partial charge in [-0.25, -0.2) is 14.8 Å². The Morgan fingerprint density at radius 3 is 2.67 bits per heavy atom. The number of aryl methyl sites for hydroxylation is 1. The second-order valence-electron chi connectivity index (χ2n) is 4.60. The molecule has 0 bridgehead atoms. The van der Waals surface area contributed by atoms with Crippen LogP contribution in [0.5, 0.6) is 11.6 Å². The molecule has 0 radical (unpaired) electrons. The summed E-state index contributed by atoms with van der Waals surface area (Å²) in [5.41, 5.74) is 2.40. The van der Waals surface area contributed by atoms with Crippen LogP contribution in [0.2, 0.25) is 0 Å². The third-order valence-corrected chi connectivity index (χ3v) is 3.01. The highest BCUT2D eigenvalue weighted by Gasteiger charge is 2.13. The fourth-order valence-corrected chi connectivity index (χ4v) is 2.00. The number of para-hydroxylation sites is 2. The first-order chi connectivity index (χ1) is 10.1. The minimum Gasteiger partial charge on any atom is -0.478 e. The molecule has 21 heavy (non-hydrogen) atoms. The van der Waals surface area contributed by atoms with Crippen LogP contribution in [-0.2, 0) is 0 Å². The first-order valence-electron chi connectivity index (χ1n) is 6.37. The maximum absolute atomic E-state index is 11.3. The average Bonchev–Trinajstić information content (AvgIpc) is 2.49. The van der Waals surface area contributed by atoms with Crippen LogP contribution in [0.1, 0.15) is 15.9 Å². The number of aromatic carboxylic acids is 1. The molecule has 5 heteroatoms. The van der Waals surface area contributed by atoms with Crippen molar-refractivity contribution in [2.75, 3.05) is 0 Å². The molecular weight excluding hydrogens is 268 g/mol. The topological polar surface area (TPSA) is 72.3 Å². The molecule has 2 aromatic carbocycles. The number of nitrogens with zero attached hydrogens (tertiary/aromatic N) is 2. The molecule has 3 rings (SSSR count). The summed E-state index contributed by atoms with van der Waals surface area (Å²) in [6.07, 6.45) is 1.48. The summed E-state index contributed by atoms with van der Waals surface area (Å²) in [6, 6.07) is 12.4. The molecule has 5 nitrogen and oxygen atoms in total. The van der Waals surface area contributed by atoms with E-state index in [1.807, 2.05) is 31.2 Å². The third kappa shape index (κ3) is 2.67. The fourth-order valence-electron chi connectivity index (χ4n) is 2.00. The molecule has 0 aliphatic heterocycles. The van der Waals surface area contributed by atoms with Crippen LogP contribution in [0.4, 0.5) is 0 Å². The van der Waals surface area contributed by atoms with E-state index in [2.05, 4.69) is 9.97 Å². The normalized spacial score (nSPS) is 10.5. The van der Waals surface area contributed by atoms with Crippen molar-refractivity contribution in [1.29, 1.82) is 0 Å². The van der Waals surface area contributed by atoms with Crippen LogP contribution in [0.15, 0.2) is 48.7 Å². The van der Waals surface area contributed by atoms with Crippen molar-refractivity contribution < 1.29 is 14.6 Å². The Hall–Kier alpha value is -2.95. The zero-order valence-electron chi connectivity index (χ0n) is 11.3. The van der Waals surface area contributed by atoms with Crippen LogP contribution in [-0.4, -0.2) is 21.0 Å². The number of carboxylic acids is 1. The Balaban J connectivity index is 2.00. The lowest BCUT2D eigenvalue weighted by molar-refractivity contribution is 0.0694. The molecule has 104 valence electrons. The number of rotatable bonds is 3. The van der Waals surface area contributed by atoms with E-state index in [1.54, 1.807) is 18.2 Å². The van der Waals surface area contributed by atoms with E-state index in [0.717, 1.165) is 11.1 Å². The molecule has 0 aliphatic rings. The summed E-state index contributed by atoms with van der Waals surface area (Å²) in [7, 11) is 0. The van der Waals surface area contributed by atoms with Crippen molar-refractivity contribution in [3.63, 3.8) is 0 Å². The summed E-state index contributed by atoms with van der Waals surface area (Å²) in [6.45, 7) is 1.83. The van der Waals surface area contributed by atoms with Gasteiger partial charge in [0, 0.05) is 0 Å². The van der Waals surface area contributed by atoms with Gasteiger partial charge in [0.15, 0.2) is 0 Å². The highest BCUT2D eigenvalue weighted by molar-refractivity contribution is 5.91. The monoisotopic (exact) mass is 280 g/mol. The fraction of sp³-hybridized carbons (Fsp3) is 0.0625. The van der Waals surface area contributed by atoms with Gasteiger partial charge in [0.2, 0.25) is 5.88 Å². The van der Waals surface area contributed by atoms with E-state index < -0.39 is 5.97 Å². The molecule has 0 atom stereocenters. The molecule has 3 aromatic rings. The third-order valence-electron chi connectivity index (χ3n) is 3.01. The number of hydrogen-bond acceptors (Lipinski definition) is 4. The number of carbonyl (C=O) groups is 1. The van der Waals surface area contributed by atoms with Gasteiger partial charge >= 0.3 is 5.97 Å². The number of benzene rings is 2. The molecule has 0 fully saturated rings. The Morgan fingerprint density at radius 1 is 1.14 bits per heavy atom. The molecule has 0 saturated heterocycles. The molecular formula is C16H12N2O3. The van der Waals surface area contributed by atoms with Gasteiger partial charge in [0.1, 0.15) is 11.3 Å². The van der Waals surface area contributed by atoms with Gasteiger partial charge in [-0.15, -0.1) is 0 Å². The van der Waals surface area contributed by atoms with Crippen LogP contribution < -0.4 is 4.74 Å². The van der Waals surface area contributed by atoms with Crippen LogP contribution >= 0.6 is 0 Å². The van der Waals surface area contributed by atoms with Crippen molar-refractivity contribution in [3.05, 3.63) is 59.8 Å². The number of aromatic nitrogens is 2. The quantitative estimate of drug-likeness (QED) is 0.795. The van der Waals surface area contributed by atoms with E-state index in [-0.39, 0.29) is 17.2 Å². The first kappa shape index (κ1) is 13.1. The van der Waals surface area contributed by atoms with Gasteiger partial charge in [-0.3, -0.25) is 0 Å². The number of carboxylic acid groups (broad SMARTS) is 1. The van der Waals surface area contributed by atoms with E-state index in [1.165, 1.54) is 6.20 Å². The highest BCUT2D eigenvalue weighted by atomic mass is 16.5. The lowest BCUT2D eigenvalue weighted by Gasteiger charge is -2.08. The number of hydrogen-bond donors (Lipinski definition) is 1. The number of ether oxygens (including phenoxy) is 1. The van der Waals surface area contributed by atoms with Gasteiger partial charge < -0.3 is 9.84 Å². The second kappa shape index (κ2) is 5.20. The van der Waals surface area contributed by atoms with E-state index in [0.29, 0.717) is 5.52 Å². The van der Waals surface area contributed by atoms with Crippen molar-refractivity contribution in [1.82, 2.24) is 9.97 Å². The second-order valence-corrected chi connectivity index (χ2v) is 4.60. The predicted molar refractivity (Wildman–Crippen MR) is 77.8 cm³/mol. The molecule has 0 spiro atoms. The van der Waals surface area contributed by atoms with Gasteiger partial charge in [-0.2, -0.15) is 0 Å². The minimum absolute atomic E-state index is 0.102. The van der Waals surface area contributed by atoms with Crippen LogP contribution in [0.3, 0.4) is 0 Å². The first-order valence-corrected chi connectivity index (χ1v) is 6.37. The highest BCUT2D eigenvalue weighted by Crippen LogP contribution is 2.25. The SMILES string of the molecule is Cc1ccc(Oc2cnc3ccccc3n2)c(C(=O)O)c1. The molecule has 1 heterocycles. The van der Waals surface area contributed by atoms with Crippen LogP contribution in [0.25, 0.3) is 11.0 Å². The zero-order valence-corrected chi connectivity index (χ0v) is 11.3. The largest absolute Gasteiger partial charge is 0.478 e. The van der Waals surface area contributed by atoms with Crippen molar-refractivity contribution >= 4 is 17.0 Å². The van der Waals surface area contributed by atoms with Gasteiger partial charge in [-0.05, 0) is 31.2 Å². The van der Waals surface area contributed by atoms with E-state index in [9.17, 15) is 9.90 Å². The molecule has 0 unspecified atom stereocenters. The average molecular weight is 280 g/mol. The molecule has 0 saturated carbocycles.